The number of aromatic nitrogens is 1. The van der Waals surface area contributed by atoms with Gasteiger partial charge in [-0.1, -0.05) is 35.1 Å². The third-order valence-electron chi connectivity index (χ3n) is 7.77. The third kappa shape index (κ3) is 6.43. The molecule has 0 saturated carbocycles. The molecular weight excluding hydrogens is 624 g/mol. The van der Waals surface area contributed by atoms with E-state index in [4.69, 9.17) is 36.1 Å². The molecule has 11 heteroatoms. The molecule has 1 aliphatic rings. The number of hydrogen-bond donors (Lipinski definition) is 0. The van der Waals surface area contributed by atoms with Crippen molar-refractivity contribution in [3.05, 3.63) is 119 Å². The number of carbonyl (C=O) groups is 1. The Balaban J connectivity index is 1.66. The minimum atomic E-state index is -0.817. The fourth-order valence-electron chi connectivity index (χ4n) is 5.36. The van der Waals surface area contributed by atoms with Gasteiger partial charge in [-0.15, -0.1) is 0 Å². The Morgan fingerprint density at radius 1 is 1.07 bits per heavy atom. The van der Waals surface area contributed by atoms with E-state index in [9.17, 15) is 9.59 Å². The standard InChI is InChI=1S/C35H33ClN4O5S/c1-6-39(7-2)34(42)31-21(3)38-35-40(32(31)27-18-26(43-4)13-15-29(27)44-5)33(41)30(46-35)17-24-16-25(36)12-14-28(24)45-20-23-10-8-22(19-37)9-11-23/h8-18,32H,6-7,20H2,1-5H3/b30-17+/t32-/m0/s1. The van der Waals surface area contributed by atoms with Gasteiger partial charge >= 0.3 is 0 Å². The zero-order valence-corrected chi connectivity index (χ0v) is 27.7. The number of rotatable bonds is 10. The van der Waals surface area contributed by atoms with Crippen molar-refractivity contribution >= 4 is 34.9 Å². The van der Waals surface area contributed by atoms with Crippen molar-refractivity contribution in [3.8, 4) is 23.3 Å². The molecule has 0 N–H and O–H groups in total. The van der Waals surface area contributed by atoms with E-state index in [2.05, 4.69) is 6.07 Å². The van der Waals surface area contributed by atoms with Crippen molar-refractivity contribution < 1.29 is 19.0 Å². The van der Waals surface area contributed by atoms with Crippen LogP contribution in [0.3, 0.4) is 0 Å². The zero-order valence-electron chi connectivity index (χ0n) is 26.2. The number of hydrogen-bond acceptors (Lipinski definition) is 8. The number of benzene rings is 3. The molecule has 1 amide bonds. The van der Waals surface area contributed by atoms with Crippen LogP contribution in [0.4, 0.5) is 0 Å². The summed E-state index contributed by atoms with van der Waals surface area (Å²) in [7, 11) is 3.11. The van der Waals surface area contributed by atoms with E-state index in [1.54, 1.807) is 85.2 Å². The molecule has 1 aliphatic heterocycles. The number of ether oxygens (including phenoxy) is 3. The first-order valence-electron chi connectivity index (χ1n) is 14.7. The van der Waals surface area contributed by atoms with E-state index in [1.165, 1.54) is 11.3 Å². The summed E-state index contributed by atoms with van der Waals surface area (Å²) < 4.78 is 19.3. The van der Waals surface area contributed by atoms with Crippen LogP contribution in [0.5, 0.6) is 17.2 Å². The number of nitrogens with zero attached hydrogens (tertiary/aromatic N) is 4. The summed E-state index contributed by atoms with van der Waals surface area (Å²) in [6.07, 6.45) is 1.73. The van der Waals surface area contributed by atoms with Gasteiger partial charge in [0.25, 0.3) is 11.5 Å². The van der Waals surface area contributed by atoms with E-state index < -0.39 is 6.04 Å². The highest BCUT2D eigenvalue weighted by Crippen LogP contribution is 2.38. The number of carbonyl (C=O) groups excluding carboxylic acids is 1. The van der Waals surface area contributed by atoms with E-state index in [1.807, 2.05) is 26.0 Å². The van der Waals surface area contributed by atoms with Crippen LogP contribution in [0.25, 0.3) is 6.08 Å². The molecule has 0 radical (unpaired) electrons. The lowest BCUT2D eigenvalue weighted by Crippen LogP contribution is -2.43. The second kappa shape index (κ2) is 14.1. The van der Waals surface area contributed by atoms with Crippen LogP contribution in [0.2, 0.25) is 5.02 Å². The average Bonchev–Trinajstić information content (AvgIpc) is 3.37. The number of likely N-dealkylation sites (N-methyl/N-ethyl adjacent to an activating group) is 1. The normalized spacial score (nSPS) is 14.3. The SMILES string of the molecule is CCN(CC)C(=O)C1=C(C)N=c2s/c(=C/c3cc(Cl)ccc3OCc3ccc(C#N)cc3)c(=O)n2[C@H]1c1cc(OC)ccc1OC. The van der Waals surface area contributed by atoms with Gasteiger partial charge in [-0.2, -0.15) is 5.26 Å². The van der Waals surface area contributed by atoms with Crippen LogP contribution < -0.4 is 29.1 Å². The zero-order chi connectivity index (χ0) is 33.0. The topological polar surface area (TPSA) is 106 Å². The molecule has 2 heterocycles. The third-order valence-corrected chi connectivity index (χ3v) is 8.99. The van der Waals surface area contributed by atoms with Crippen LogP contribution in [-0.4, -0.2) is 42.7 Å². The summed E-state index contributed by atoms with van der Waals surface area (Å²) in [5.41, 5.74) is 3.25. The molecule has 0 fully saturated rings. The second-order valence-electron chi connectivity index (χ2n) is 10.4. The number of amides is 1. The number of methoxy groups -OCH3 is 2. The van der Waals surface area contributed by atoms with Gasteiger partial charge < -0.3 is 19.1 Å². The van der Waals surface area contributed by atoms with Gasteiger partial charge in [-0.05, 0) is 80.9 Å². The summed E-state index contributed by atoms with van der Waals surface area (Å²) in [6, 6.07) is 19.0. The Hall–Kier alpha value is -4.85. The number of nitriles is 1. The van der Waals surface area contributed by atoms with Gasteiger partial charge in [0.1, 0.15) is 29.9 Å². The number of fused-ring (bicyclic) bond motifs is 1. The van der Waals surface area contributed by atoms with Crippen molar-refractivity contribution in [1.29, 1.82) is 5.26 Å². The molecular formula is C35H33ClN4O5S. The van der Waals surface area contributed by atoms with Gasteiger partial charge in [0, 0.05) is 29.2 Å². The minimum absolute atomic E-state index is 0.205. The van der Waals surface area contributed by atoms with Gasteiger partial charge in [-0.3, -0.25) is 14.2 Å². The molecule has 1 aromatic heterocycles. The molecule has 3 aromatic carbocycles. The van der Waals surface area contributed by atoms with E-state index in [-0.39, 0.29) is 18.1 Å². The molecule has 0 unspecified atom stereocenters. The maximum atomic E-state index is 14.3. The van der Waals surface area contributed by atoms with Crippen LogP contribution in [0.1, 0.15) is 49.1 Å². The van der Waals surface area contributed by atoms with Crippen LogP contribution in [0.15, 0.2) is 81.7 Å². The predicted octanol–water partition coefficient (Wildman–Crippen LogP) is 5.22. The lowest BCUT2D eigenvalue weighted by molar-refractivity contribution is -0.127. The maximum absolute atomic E-state index is 14.3. The Labute approximate surface area is 275 Å². The highest BCUT2D eigenvalue weighted by molar-refractivity contribution is 7.07. The van der Waals surface area contributed by atoms with Crippen molar-refractivity contribution in [3.63, 3.8) is 0 Å². The summed E-state index contributed by atoms with van der Waals surface area (Å²) in [4.78, 5) is 35.3. The second-order valence-corrected chi connectivity index (χ2v) is 11.9. The first kappa shape index (κ1) is 32.5. The predicted molar refractivity (Wildman–Crippen MR) is 178 cm³/mol. The maximum Gasteiger partial charge on any atom is 0.271 e. The summed E-state index contributed by atoms with van der Waals surface area (Å²) in [6.45, 7) is 6.87. The monoisotopic (exact) mass is 656 g/mol. The number of allylic oxidation sites excluding steroid dienone is 1. The highest BCUT2D eigenvalue weighted by Gasteiger charge is 2.36. The fourth-order valence-corrected chi connectivity index (χ4v) is 6.58. The Morgan fingerprint density at radius 3 is 2.43 bits per heavy atom. The first-order valence-corrected chi connectivity index (χ1v) is 15.9. The Kier molecular flexibility index (Phi) is 9.95. The van der Waals surface area contributed by atoms with E-state index >= 15 is 0 Å². The average molecular weight is 657 g/mol. The fraction of sp³-hybridized carbons (Fsp3) is 0.257. The molecule has 0 spiro atoms. The molecule has 1 atom stereocenters. The highest BCUT2D eigenvalue weighted by atomic mass is 35.5. The van der Waals surface area contributed by atoms with Crippen LogP contribution in [-0.2, 0) is 11.4 Å². The lowest BCUT2D eigenvalue weighted by Gasteiger charge is -2.30. The molecule has 5 rings (SSSR count). The molecule has 9 nitrogen and oxygen atoms in total. The molecule has 0 saturated heterocycles. The Bertz CT molecular complexity index is 2040. The van der Waals surface area contributed by atoms with Gasteiger partial charge in [0.2, 0.25) is 0 Å². The number of halogens is 1. The van der Waals surface area contributed by atoms with Gasteiger partial charge in [0.05, 0.1) is 41.7 Å². The van der Waals surface area contributed by atoms with Crippen molar-refractivity contribution in [2.24, 2.45) is 4.99 Å². The molecule has 236 valence electrons. The van der Waals surface area contributed by atoms with Crippen LogP contribution in [0, 0.1) is 11.3 Å². The van der Waals surface area contributed by atoms with Crippen LogP contribution >= 0.6 is 22.9 Å². The molecule has 46 heavy (non-hydrogen) atoms. The number of thiazole rings is 1. The largest absolute Gasteiger partial charge is 0.497 e. The minimum Gasteiger partial charge on any atom is -0.497 e. The van der Waals surface area contributed by atoms with Crippen molar-refractivity contribution in [2.45, 2.75) is 33.4 Å². The summed E-state index contributed by atoms with van der Waals surface area (Å²) in [5.74, 6) is 1.39. The molecule has 0 aliphatic carbocycles. The van der Waals surface area contributed by atoms with E-state index in [0.717, 1.165) is 5.56 Å². The summed E-state index contributed by atoms with van der Waals surface area (Å²) in [5, 5.41) is 9.57. The van der Waals surface area contributed by atoms with Gasteiger partial charge in [0.15, 0.2) is 4.80 Å². The molecule has 0 bridgehead atoms. The smallest absolute Gasteiger partial charge is 0.271 e. The molecule has 4 aromatic rings. The Morgan fingerprint density at radius 2 is 1.78 bits per heavy atom. The van der Waals surface area contributed by atoms with E-state index in [0.29, 0.717) is 72.7 Å². The van der Waals surface area contributed by atoms with Crippen molar-refractivity contribution in [1.82, 2.24) is 9.47 Å². The van der Waals surface area contributed by atoms with Gasteiger partial charge in [-0.25, -0.2) is 4.99 Å². The quantitative estimate of drug-likeness (QED) is 0.232. The summed E-state index contributed by atoms with van der Waals surface area (Å²) >= 11 is 7.61. The lowest BCUT2D eigenvalue weighted by atomic mass is 9.93. The first-order chi connectivity index (χ1) is 22.2. The van der Waals surface area contributed by atoms with Crippen molar-refractivity contribution in [2.75, 3.05) is 27.3 Å².